The van der Waals surface area contributed by atoms with Gasteiger partial charge in [0.05, 0.1) is 6.04 Å². The lowest BCUT2D eigenvalue weighted by Crippen LogP contribution is -2.32. The molecule has 18 heavy (non-hydrogen) atoms. The monoisotopic (exact) mass is 240 g/mol. The van der Waals surface area contributed by atoms with E-state index in [9.17, 15) is 4.79 Å². The molecule has 1 atom stereocenters. The number of benzene rings is 2. The summed E-state index contributed by atoms with van der Waals surface area (Å²) in [6.07, 6.45) is 2.19. The first-order valence-corrected chi connectivity index (χ1v) is 6.27. The van der Waals surface area contributed by atoms with Crippen LogP contribution in [-0.2, 0) is 17.6 Å². The van der Waals surface area contributed by atoms with Crippen molar-refractivity contribution in [3.05, 3.63) is 41.5 Å². The van der Waals surface area contributed by atoms with E-state index < -0.39 is 6.04 Å². The minimum absolute atomic E-state index is 0.145. The Bertz CT molecular complexity index is 621. The first kappa shape index (κ1) is 11.2. The number of carbonyl (C=O) groups is 1. The molecule has 0 aliphatic heterocycles. The smallest absolute Gasteiger partial charge is 0.241 e. The highest BCUT2D eigenvalue weighted by atomic mass is 16.2. The minimum atomic E-state index is -0.493. The Morgan fingerprint density at radius 1 is 1.22 bits per heavy atom. The van der Waals surface area contributed by atoms with Gasteiger partial charge in [0.15, 0.2) is 0 Å². The summed E-state index contributed by atoms with van der Waals surface area (Å²) < 4.78 is 0. The molecule has 0 bridgehead atoms. The molecule has 3 N–H and O–H groups in total. The van der Waals surface area contributed by atoms with Gasteiger partial charge in [0.1, 0.15) is 0 Å². The molecule has 1 aliphatic rings. The van der Waals surface area contributed by atoms with E-state index in [1.807, 2.05) is 12.1 Å². The number of hydrogen-bond donors (Lipinski definition) is 2. The molecule has 0 saturated carbocycles. The van der Waals surface area contributed by atoms with E-state index in [1.165, 1.54) is 16.5 Å². The molecule has 1 amide bonds. The van der Waals surface area contributed by atoms with Gasteiger partial charge in [-0.1, -0.05) is 24.3 Å². The molecule has 3 rings (SSSR count). The van der Waals surface area contributed by atoms with Gasteiger partial charge in [-0.15, -0.1) is 0 Å². The quantitative estimate of drug-likeness (QED) is 0.845. The third-order valence-corrected chi connectivity index (χ3v) is 3.55. The molecule has 0 spiro atoms. The summed E-state index contributed by atoms with van der Waals surface area (Å²) in [5.74, 6) is -0.145. The van der Waals surface area contributed by atoms with Crippen LogP contribution in [0, 0.1) is 0 Å². The van der Waals surface area contributed by atoms with Crippen LogP contribution in [0.15, 0.2) is 30.3 Å². The predicted molar refractivity (Wildman–Crippen MR) is 73.6 cm³/mol. The van der Waals surface area contributed by atoms with E-state index in [-0.39, 0.29) is 5.91 Å². The van der Waals surface area contributed by atoms with Crippen molar-refractivity contribution in [1.82, 2.24) is 0 Å². The lowest BCUT2D eigenvalue weighted by molar-refractivity contribution is -0.117. The Balaban J connectivity index is 2.12. The lowest BCUT2D eigenvalue weighted by atomic mass is 10.0. The number of nitrogens with two attached hydrogens (primary N) is 1. The molecule has 0 aromatic heterocycles. The van der Waals surface area contributed by atoms with Gasteiger partial charge in [-0.2, -0.15) is 0 Å². The van der Waals surface area contributed by atoms with Crippen molar-refractivity contribution in [3.63, 3.8) is 0 Å². The van der Waals surface area contributed by atoms with Crippen molar-refractivity contribution in [2.45, 2.75) is 25.8 Å². The molecule has 3 heteroatoms. The van der Waals surface area contributed by atoms with Gasteiger partial charge in [-0.25, -0.2) is 0 Å². The van der Waals surface area contributed by atoms with Gasteiger partial charge >= 0.3 is 0 Å². The number of hydrogen-bond acceptors (Lipinski definition) is 2. The summed E-state index contributed by atoms with van der Waals surface area (Å²) >= 11 is 0. The molecule has 0 heterocycles. The summed E-state index contributed by atoms with van der Waals surface area (Å²) in [5, 5.41) is 5.33. The largest absolute Gasteiger partial charge is 0.324 e. The molecule has 0 fully saturated rings. The Labute approximate surface area is 106 Å². The predicted octanol–water partition coefficient (Wildman–Crippen LogP) is 2.22. The maximum Gasteiger partial charge on any atom is 0.241 e. The zero-order valence-electron chi connectivity index (χ0n) is 10.4. The van der Waals surface area contributed by atoms with E-state index in [2.05, 4.69) is 23.5 Å². The first-order chi connectivity index (χ1) is 8.66. The third-order valence-electron chi connectivity index (χ3n) is 3.55. The van der Waals surface area contributed by atoms with E-state index in [0.29, 0.717) is 0 Å². The van der Waals surface area contributed by atoms with E-state index >= 15 is 0 Å². The maximum absolute atomic E-state index is 11.7. The van der Waals surface area contributed by atoms with Crippen molar-refractivity contribution in [2.24, 2.45) is 5.73 Å². The van der Waals surface area contributed by atoms with Gasteiger partial charge in [-0.05, 0) is 42.3 Å². The number of amides is 1. The molecule has 92 valence electrons. The van der Waals surface area contributed by atoms with Crippen molar-refractivity contribution < 1.29 is 4.79 Å². The minimum Gasteiger partial charge on any atom is -0.324 e. The van der Waals surface area contributed by atoms with Crippen LogP contribution in [0.3, 0.4) is 0 Å². The van der Waals surface area contributed by atoms with Crippen molar-refractivity contribution in [1.29, 1.82) is 0 Å². The fourth-order valence-electron chi connectivity index (χ4n) is 2.60. The highest BCUT2D eigenvalue weighted by Crippen LogP contribution is 2.34. The van der Waals surface area contributed by atoms with Crippen LogP contribution in [0.25, 0.3) is 10.8 Å². The lowest BCUT2D eigenvalue weighted by Gasteiger charge is -2.12. The molecule has 1 aliphatic carbocycles. The standard InChI is InChI=1S/C15H16N2O/c1-9(16)15(18)17-13-8-7-11-6-5-10-3-2-4-12(13)14(10)11/h2-4,7-9H,5-6,16H2,1H3,(H,17,18)/t9-/m0/s1. The van der Waals surface area contributed by atoms with Gasteiger partial charge in [0, 0.05) is 11.1 Å². The Morgan fingerprint density at radius 2 is 1.94 bits per heavy atom. The van der Waals surface area contributed by atoms with E-state index in [0.717, 1.165) is 23.9 Å². The van der Waals surface area contributed by atoms with Gasteiger partial charge in [-0.3, -0.25) is 4.79 Å². The van der Waals surface area contributed by atoms with Crippen molar-refractivity contribution in [2.75, 3.05) is 5.32 Å². The zero-order chi connectivity index (χ0) is 12.7. The number of aryl methyl sites for hydroxylation is 2. The summed E-state index contributed by atoms with van der Waals surface area (Å²) in [4.78, 5) is 11.7. The second-order valence-electron chi connectivity index (χ2n) is 4.89. The number of nitrogens with one attached hydrogen (secondary N) is 1. The van der Waals surface area contributed by atoms with Crippen LogP contribution in [0.5, 0.6) is 0 Å². The molecular weight excluding hydrogens is 224 g/mol. The Kier molecular flexibility index (Phi) is 2.56. The Morgan fingerprint density at radius 3 is 2.67 bits per heavy atom. The van der Waals surface area contributed by atoms with Crippen LogP contribution in [0.2, 0.25) is 0 Å². The molecule has 2 aromatic rings. The maximum atomic E-state index is 11.7. The molecule has 0 radical (unpaired) electrons. The second-order valence-corrected chi connectivity index (χ2v) is 4.89. The van der Waals surface area contributed by atoms with Gasteiger partial charge in [0.25, 0.3) is 0 Å². The van der Waals surface area contributed by atoms with Crippen LogP contribution >= 0.6 is 0 Å². The molecule has 3 nitrogen and oxygen atoms in total. The fourth-order valence-corrected chi connectivity index (χ4v) is 2.60. The third kappa shape index (κ3) is 1.68. The number of rotatable bonds is 2. The molecule has 2 aromatic carbocycles. The Hall–Kier alpha value is -1.87. The fraction of sp³-hybridized carbons (Fsp3) is 0.267. The summed E-state index contributed by atoms with van der Waals surface area (Å²) in [6, 6.07) is 9.87. The average molecular weight is 240 g/mol. The topological polar surface area (TPSA) is 55.1 Å². The number of carbonyl (C=O) groups excluding carboxylic acids is 1. The van der Waals surface area contributed by atoms with Crippen molar-refractivity contribution in [3.8, 4) is 0 Å². The van der Waals surface area contributed by atoms with Crippen LogP contribution in [0.4, 0.5) is 5.69 Å². The summed E-state index contributed by atoms with van der Waals surface area (Å²) in [5.41, 5.74) is 9.20. The highest BCUT2D eigenvalue weighted by Gasteiger charge is 2.17. The molecule has 0 saturated heterocycles. The van der Waals surface area contributed by atoms with E-state index in [4.69, 9.17) is 5.73 Å². The molecule has 0 unspecified atom stereocenters. The number of anilines is 1. The second kappa shape index (κ2) is 4.10. The van der Waals surface area contributed by atoms with Crippen LogP contribution in [-0.4, -0.2) is 11.9 Å². The zero-order valence-corrected chi connectivity index (χ0v) is 10.4. The average Bonchev–Trinajstić information content (AvgIpc) is 2.77. The normalized spacial score (nSPS) is 14.8. The SMILES string of the molecule is C[C@H](N)C(=O)Nc1ccc2c3c(cccc13)CC2. The summed E-state index contributed by atoms with van der Waals surface area (Å²) in [7, 11) is 0. The van der Waals surface area contributed by atoms with Gasteiger partial charge in [0.2, 0.25) is 5.91 Å². The van der Waals surface area contributed by atoms with Crippen LogP contribution in [0.1, 0.15) is 18.1 Å². The summed E-state index contributed by atoms with van der Waals surface area (Å²) in [6.45, 7) is 1.69. The first-order valence-electron chi connectivity index (χ1n) is 6.27. The van der Waals surface area contributed by atoms with E-state index in [1.54, 1.807) is 6.92 Å². The van der Waals surface area contributed by atoms with Crippen molar-refractivity contribution >= 4 is 22.4 Å². The van der Waals surface area contributed by atoms with Crippen LogP contribution < -0.4 is 11.1 Å². The van der Waals surface area contributed by atoms with Gasteiger partial charge < -0.3 is 11.1 Å². The highest BCUT2D eigenvalue weighted by molar-refractivity contribution is 6.06. The molecular formula is C15H16N2O.